The zero-order valence-electron chi connectivity index (χ0n) is 15.3. The van der Waals surface area contributed by atoms with Gasteiger partial charge in [0.05, 0.1) is 20.9 Å². The van der Waals surface area contributed by atoms with Crippen LogP contribution >= 0.6 is 23.1 Å². The van der Waals surface area contributed by atoms with Crippen molar-refractivity contribution in [2.24, 2.45) is 0 Å². The number of aromatic nitrogens is 1. The SMILES string of the molecule is CC(=O)Nc1ccc([N+](=O)[O-])c(C(=O)Nc2ccc3nc(SCC(F)F)sc3c2)c1. The van der Waals surface area contributed by atoms with Crippen LogP contribution in [0.4, 0.5) is 25.8 Å². The van der Waals surface area contributed by atoms with Gasteiger partial charge in [-0.2, -0.15) is 0 Å². The second kappa shape index (κ2) is 9.13. The Hall–Kier alpha value is -3.12. The monoisotopic (exact) mass is 452 g/mol. The summed E-state index contributed by atoms with van der Waals surface area (Å²) in [6, 6.07) is 8.48. The topological polar surface area (TPSA) is 114 Å². The molecule has 0 aliphatic heterocycles. The van der Waals surface area contributed by atoms with E-state index in [9.17, 15) is 28.5 Å². The van der Waals surface area contributed by atoms with Crippen LogP contribution in [0, 0.1) is 10.1 Å². The summed E-state index contributed by atoms with van der Waals surface area (Å²) in [4.78, 5) is 38.7. The molecule has 156 valence electrons. The van der Waals surface area contributed by atoms with Crippen LogP contribution in [0.25, 0.3) is 10.2 Å². The number of halogens is 2. The summed E-state index contributed by atoms with van der Waals surface area (Å²) < 4.78 is 25.9. The average Bonchev–Trinajstić information content (AvgIpc) is 3.07. The van der Waals surface area contributed by atoms with Crippen LogP contribution < -0.4 is 10.6 Å². The highest BCUT2D eigenvalue weighted by Gasteiger charge is 2.21. The molecule has 0 saturated heterocycles. The summed E-state index contributed by atoms with van der Waals surface area (Å²) in [6.45, 7) is 1.28. The normalized spacial score (nSPS) is 10.9. The quantitative estimate of drug-likeness (QED) is 0.303. The van der Waals surface area contributed by atoms with Crippen molar-refractivity contribution in [3.05, 3.63) is 52.1 Å². The Morgan fingerprint density at radius 1 is 1.20 bits per heavy atom. The maximum Gasteiger partial charge on any atom is 0.282 e. The summed E-state index contributed by atoms with van der Waals surface area (Å²) in [5.74, 6) is -1.48. The van der Waals surface area contributed by atoms with Gasteiger partial charge in [-0.05, 0) is 30.3 Å². The molecule has 0 atom stereocenters. The fraction of sp³-hybridized carbons (Fsp3) is 0.167. The standard InChI is InChI=1S/C18H14F2N4O4S2/c1-9(25)21-10-3-5-14(24(27)28)12(6-10)17(26)22-11-2-4-13-15(7-11)30-18(23-13)29-8-16(19)20/h2-7,16H,8H2,1H3,(H,21,25)(H,22,26). The highest BCUT2D eigenvalue weighted by atomic mass is 32.2. The van der Waals surface area contributed by atoms with E-state index in [1.807, 2.05) is 0 Å². The van der Waals surface area contributed by atoms with Gasteiger partial charge in [0, 0.05) is 24.4 Å². The number of nitrogens with one attached hydrogen (secondary N) is 2. The molecule has 0 spiro atoms. The maximum atomic E-state index is 12.7. The Bertz CT molecular complexity index is 1140. The molecule has 0 unspecified atom stereocenters. The Balaban J connectivity index is 1.85. The number of nitro benzene ring substituents is 1. The molecule has 3 rings (SSSR count). The molecule has 0 fully saturated rings. The van der Waals surface area contributed by atoms with Gasteiger partial charge < -0.3 is 10.6 Å². The van der Waals surface area contributed by atoms with Gasteiger partial charge in [-0.3, -0.25) is 19.7 Å². The lowest BCUT2D eigenvalue weighted by Crippen LogP contribution is -2.15. The van der Waals surface area contributed by atoms with E-state index >= 15 is 0 Å². The van der Waals surface area contributed by atoms with E-state index in [4.69, 9.17) is 0 Å². The lowest BCUT2D eigenvalue weighted by Gasteiger charge is -2.08. The minimum Gasteiger partial charge on any atom is -0.326 e. The van der Waals surface area contributed by atoms with Gasteiger partial charge in [0.1, 0.15) is 5.56 Å². The first-order chi connectivity index (χ1) is 14.2. The third-order valence-electron chi connectivity index (χ3n) is 3.72. The molecule has 0 bridgehead atoms. The molecule has 3 aromatic rings. The molecule has 2 amide bonds. The molecule has 8 nitrogen and oxygen atoms in total. The minimum atomic E-state index is -2.44. The van der Waals surface area contributed by atoms with Gasteiger partial charge >= 0.3 is 0 Å². The largest absolute Gasteiger partial charge is 0.326 e. The average molecular weight is 452 g/mol. The molecule has 2 N–H and O–H groups in total. The third-order valence-corrected chi connectivity index (χ3v) is 5.89. The smallest absolute Gasteiger partial charge is 0.282 e. The first kappa shape index (κ1) is 21.6. The van der Waals surface area contributed by atoms with Crippen molar-refractivity contribution in [3.63, 3.8) is 0 Å². The number of nitro groups is 1. The van der Waals surface area contributed by atoms with Crippen molar-refractivity contribution in [3.8, 4) is 0 Å². The van der Waals surface area contributed by atoms with Crippen molar-refractivity contribution >= 4 is 62.2 Å². The van der Waals surface area contributed by atoms with Crippen LogP contribution in [-0.2, 0) is 4.79 Å². The van der Waals surface area contributed by atoms with Gasteiger partial charge in [0.25, 0.3) is 11.6 Å². The number of hydrogen-bond acceptors (Lipinski definition) is 7. The number of anilines is 2. The summed E-state index contributed by atoms with van der Waals surface area (Å²) in [5, 5.41) is 16.3. The van der Waals surface area contributed by atoms with Gasteiger partial charge in [0.2, 0.25) is 12.3 Å². The Morgan fingerprint density at radius 2 is 1.90 bits per heavy atom. The minimum absolute atomic E-state index is 0.219. The van der Waals surface area contributed by atoms with Crippen molar-refractivity contribution in [1.29, 1.82) is 0 Å². The number of hydrogen-bond donors (Lipinski definition) is 2. The molecule has 30 heavy (non-hydrogen) atoms. The number of nitrogens with zero attached hydrogens (tertiary/aromatic N) is 2. The van der Waals surface area contributed by atoms with Gasteiger partial charge in [-0.25, -0.2) is 13.8 Å². The number of rotatable bonds is 7. The molecule has 12 heteroatoms. The first-order valence-electron chi connectivity index (χ1n) is 8.42. The molecule has 2 aromatic carbocycles. The molecule has 0 aliphatic carbocycles. The molecule has 0 saturated carbocycles. The number of alkyl halides is 2. The van der Waals surface area contributed by atoms with Gasteiger partial charge in [-0.1, -0.05) is 11.8 Å². The molecule has 0 aliphatic rings. The first-order valence-corrected chi connectivity index (χ1v) is 10.2. The number of carbonyl (C=O) groups excluding carboxylic acids is 2. The number of thioether (sulfide) groups is 1. The summed E-state index contributed by atoms with van der Waals surface area (Å²) in [7, 11) is 0. The van der Waals surface area contributed by atoms with Crippen LogP contribution in [0.5, 0.6) is 0 Å². The number of amides is 2. The molecule has 1 heterocycles. The van der Waals surface area contributed by atoms with E-state index in [0.717, 1.165) is 17.8 Å². The third kappa shape index (κ3) is 5.27. The van der Waals surface area contributed by atoms with E-state index in [1.165, 1.54) is 30.4 Å². The molecule has 1 aromatic heterocycles. The molecular formula is C18H14F2N4O4S2. The van der Waals surface area contributed by atoms with Gasteiger partial charge in [-0.15, -0.1) is 11.3 Å². The predicted molar refractivity (Wildman–Crippen MR) is 112 cm³/mol. The van der Waals surface area contributed by atoms with E-state index in [-0.39, 0.29) is 22.9 Å². The second-order valence-corrected chi connectivity index (χ2v) is 8.29. The maximum absolute atomic E-state index is 12.7. The number of benzene rings is 2. The van der Waals surface area contributed by atoms with Crippen LogP contribution in [0.1, 0.15) is 17.3 Å². The van der Waals surface area contributed by atoms with Crippen LogP contribution in [0.15, 0.2) is 40.7 Å². The zero-order valence-corrected chi connectivity index (χ0v) is 17.0. The summed E-state index contributed by atoms with van der Waals surface area (Å²) in [6.07, 6.45) is -2.44. The van der Waals surface area contributed by atoms with Crippen LogP contribution in [-0.4, -0.2) is 33.9 Å². The number of carbonyl (C=O) groups is 2. The highest BCUT2D eigenvalue weighted by Crippen LogP contribution is 2.32. The highest BCUT2D eigenvalue weighted by molar-refractivity contribution is 8.01. The fourth-order valence-corrected chi connectivity index (χ4v) is 4.41. The summed E-state index contributed by atoms with van der Waals surface area (Å²) in [5.41, 5.74) is 0.570. The van der Waals surface area contributed by atoms with Crippen LogP contribution in [0.3, 0.4) is 0 Å². The van der Waals surface area contributed by atoms with Crippen molar-refractivity contribution in [2.75, 3.05) is 16.4 Å². The van der Waals surface area contributed by atoms with Crippen molar-refractivity contribution < 1.29 is 23.3 Å². The van der Waals surface area contributed by atoms with Gasteiger partial charge in [0.15, 0.2) is 4.34 Å². The fourth-order valence-electron chi connectivity index (χ4n) is 2.53. The van der Waals surface area contributed by atoms with Crippen LogP contribution in [0.2, 0.25) is 0 Å². The summed E-state index contributed by atoms with van der Waals surface area (Å²) >= 11 is 2.15. The molecule has 0 radical (unpaired) electrons. The lowest BCUT2D eigenvalue weighted by atomic mass is 10.1. The lowest BCUT2D eigenvalue weighted by molar-refractivity contribution is -0.385. The van der Waals surface area contributed by atoms with E-state index in [0.29, 0.717) is 20.2 Å². The van der Waals surface area contributed by atoms with Crippen molar-refractivity contribution in [2.45, 2.75) is 17.7 Å². The van der Waals surface area contributed by atoms with E-state index < -0.39 is 22.9 Å². The Morgan fingerprint density at radius 3 is 2.57 bits per heavy atom. The Labute approximate surface area is 176 Å². The Kier molecular flexibility index (Phi) is 6.57. The van der Waals surface area contributed by atoms with Crippen molar-refractivity contribution in [1.82, 2.24) is 4.98 Å². The van der Waals surface area contributed by atoms with E-state index in [2.05, 4.69) is 15.6 Å². The molecular weight excluding hydrogens is 438 g/mol. The number of fused-ring (bicyclic) bond motifs is 1. The predicted octanol–water partition coefficient (Wildman–Crippen LogP) is 4.77. The second-order valence-electron chi connectivity index (χ2n) is 5.99. The number of thiazole rings is 1. The zero-order chi connectivity index (χ0) is 21.8. The van der Waals surface area contributed by atoms with E-state index in [1.54, 1.807) is 18.2 Å².